The molecule has 0 unspecified atom stereocenters. The first-order valence-electron chi connectivity index (χ1n) is 8.15. The van der Waals surface area contributed by atoms with Gasteiger partial charge >= 0.3 is 0 Å². The summed E-state index contributed by atoms with van der Waals surface area (Å²) in [6.45, 7) is 1.29. The predicted octanol–water partition coefficient (Wildman–Crippen LogP) is 3.11. The highest BCUT2D eigenvalue weighted by Crippen LogP contribution is 2.16. The van der Waals surface area contributed by atoms with Gasteiger partial charge in [0.15, 0.2) is 0 Å². The smallest absolute Gasteiger partial charge is 0.222 e. The summed E-state index contributed by atoms with van der Waals surface area (Å²) in [6, 6.07) is 10.4. The standard InChI is InChI=1S/C18H22N2O2S/c21-17(11-16-7-4-10-22-16)19-12-15-13-23-18(20-15)9-8-14-5-2-1-3-6-14/h1-3,5-6,13,16H,4,7-12H2,(H,19,21)/t16-/m1/s1. The van der Waals surface area contributed by atoms with Crippen molar-refractivity contribution < 1.29 is 9.53 Å². The van der Waals surface area contributed by atoms with Crippen molar-refractivity contribution in [3.63, 3.8) is 0 Å². The molecule has 1 aromatic carbocycles. The second-order valence-electron chi connectivity index (χ2n) is 5.83. The van der Waals surface area contributed by atoms with Gasteiger partial charge in [-0.2, -0.15) is 0 Å². The summed E-state index contributed by atoms with van der Waals surface area (Å²) in [6.07, 6.45) is 4.57. The van der Waals surface area contributed by atoms with Crippen molar-refractivity contribution in [3.8, 4) is 0 Å². The zero-order chi connectivity index (χ0) is 15.9. The van der Waals surface area contributed by atoms with Crippen LogP contribution >= 0.6 is 11.3 Å². The molecule has 1 N–H and O–H groups in total. The minimum absolute atomic E-state index is 0.0516. The number of nitrogens with zero attached hydrogens (tertiary/aromatic N) is 1. The summed E-state index contributed by atoms with van der Waals surface area (Å²) in [5.74, 6) is 0.0516. The molecule has 1 saturated heterocycles. The van der Waals surface area contributed by atoms with Gasteiger partial charge in [-0.3, -0.25) is 4.79 Å². The third-order valence-electron chi connectivity index (χ3n) is 3.97. The van der Waals surface area contributed by atoms with Gasteiger partial charge in [0.25, 0.3) is 0 Å². The lowest BCUT2D eigenvalue weighted by Crippen LogP contribution is -2.26. The van der Waals surface area contributed by atoms with E-state index in [1.807, 2.05) is 11.4 Å². The van der Waals surface area contributed by atoms with E-state index < -0.39 is 0 Å². The van der Waals surface area contributed by atoms with Gasteiger partial charge < -0.3 is 10.1 Å². The summed E-state index contributed by atoms with van der Waals surface area (Å²) in [7, 11) is 0. The molecule has 0 spiro atoms. The van der Waals surface area contributed by atoms with Crippen molar-refractivity contribution in [1.29, 1.82) is 0 Å². The van der Waals surface area contributed by atoms with Crippen LogP contribution in [0.1, 0.15) is 35.5 Å². The molecule has 1 aliphatic rings. The molecule has 1 aromatic heterocycles. The summed E-state index contributed by atoms with van der Waals surface area (Å²) in [5.41, 5.74) is 2.27. The maximum Gasteiger partial charge on any atom is 0.222 e. The third-order valence-corrected chi connectivity index (χ3v) is 4.93. The number of aromatic nitrogens is 1. The minimum atomic E-state index is 0.0516. The predicted molar refractivity (Wildman–Crippen MR) is 91.4 cm³/mol. The SMILES string of the molecule is O=C(C[C@H]1CCCO1)NCc1csc(CCc2ccccc2)n1. The van der Waals surface area contributed by atoms with E-state index >= 15 is 0 Å². The van der Waals surface area contributed by atoms with Crippen LogP contribution in [0.3, 0.4) is 0 Å². The Bertz CT molecular complexity index is 621. The van der Waals surface area contributed by atoms with Crippen LogP contribution < -0.4 is 5.32 Å². The van der Waals surface area contributed by atoms with Gasteiger partial charge in [-0.05, 0) is 24.8 Å². The maximum atomic E-state index is 11.9. The van der Waals surface area contributed by atoms with Gasteiger partial charge in [0.1, 0.15) is 0 Å². The zero-order valence-electron chi connectivity index (χ0n) is 13.2. The molecular weight excluding hydrogens is 308 g/mol. The van der Waals surface area contributed by atoms with Crippen molar-refractivity contribution in [2.45, 2.75) is 44.8 Å². The fourth-order valence-electron chi connectivity index (χ4n) is 2.71. The maximum absolute atomic E-state index is 11.9. The van der Waals surface area contributed by atoms with Gasteiger partial charge in [-0.1, -0.05) is 30.3 Å². The van der Waals surface area contributed by atoms with Crippen LogP contribution in [0.25, 0.3) is 0 Å². The summed E-state index contributed by atoms with van der Waals surface area (Å²) in [5, 5.41) is 6.10. The number of carbonyl (C=O) groups is 1. The summed E-state index contributed by atoms with van der Waals surface area (Å²) >= 11 is 1.67. The third kappa shape index (κ3) is 5.15. The Hall–Kier alpha value is -1.72. The molecule has 23 heavy (non-hydrogen) atoms. The van der Waals surface area contributed by atoms with Crippen LogP contribution in [0.5, 0.6) is 0 Å². The van der Waals surface area contributed by atoms with E-state index in [1.54, 1.807) is 11.3 Å². The fourth-order valence-corrected chi connectivity index (χ4v) is 3.51. The molecule has 1 amide bonds. The van der Waals surface area contributed by atoms with Crippen LogP contribution in [-0.2, 0) is 28.9 Å². The zero-order valence-corrected chi connectivity index (χ0v) is 14.0. The van der Waals surface area contributed by atoms with Gasteiger partial charge in [0.05, 0.1) is 29.8 Å². The van der Waals surface area contributed by atoms with E-state index in [9.17, 15) is 4.79 Å². The molecule has 0 saturated carbocycles. The molecule has 0 radical (unpaired) electrons. The number of nitrogens with one attached hydrogen (secondary N) is 1. The van der Waals surface area contributed by atoms with E-state index in [1.165, 1.54) is 5.56 Å². The van der Waals surface area contributed by atoms with Crippen LogP contribution in [0.4, 0.5) is 0 Å². The van der Waals surface area contributed by atoms with Crippen LogP contribution in [-0.4, -0.2) is 23.6 Å². The summed E-state index contributed by atoms with van der Waals surface area (Å²) < 4.78 is 5.48. The lowest BCUT2D eigenvalue weighted by Gasteiger charge is -2.08. The molecule has 1 atom stereocenters. The Morgan fingerprint density at radius 1 is 1.30 bits per heavy atom. The van der Waals surface area contributed by atoms with E-state index in [0.717, 1.165) is 43.0 Å². The second-order valence-corrected chi connectivity index (χ2v) is 6.78. The van der Waals surface area contributed by atoms with Gasteiger partial charge in [-0.15, -0.1) is 11.3 Å². The molecule has 0 aliphatic carbocycles. The first kappa shape index (κ1) is 16.1. The van der Waals surface area contributed by atoms with E-state index in [0.29, 0.717) is 13.0 Å². The second kappa shape index (κ2) is 8.22. The van der Waals surface area contributed by atoms with Crippen LogP contribution in [0, 0.1) is 0 Å². The highest BCUT2D eigenvalue weighted by atomic mass is 32.1. The van der Waals surface area contributed by atoms with E-state index in [2.05, 4.69) is 34.6 Å². The van der Waals surface area contributed by atoms with Gasteiger partial charge in [0.2, 0.25) is 5.91 Å². The molecule has 4 nitrogen and oxygen atoms in total. The quantitative estimate of drug-likeness (QED) is 0.848. The number of ether oxygens (including phenoxy) is 1. The molecule has 122 valence electrons. The Kier molecular flexibility index (Phi) is 5.77. The van der Waals surface area contributed by atoms with Crippen LogP contribution in [0.15, 0.2) is 35.7 Å². The number of hydrogen-bond acceptors (Lipinski definition) is 4. The lowest BCUT2D eigenvalue weighted by molar-refractivity contribution is -0.123. The average molecular weight is 330 g/mol. The largest absolute Gasteiger partial charge is 0.378 e. The monoisotopic (exact) mass is 330 g/mol. The van der Waals surface area contributed by atoms with Crippen LogP contribution in [0.2, 0.25) is 0 Å². The Morgan fingerprint density at radius 2 is 2.17 bits per heavy atom. The Labute approximate surface area is 140 Å². The van der Waals surface area contributed by atoms with Gasteiger partial charge in [0, 0.05) is 18.4 Å². The number of benzene rings is 1. The Balaban J connectivity index is 1.41. The highest BCUT2D eigenvalue weighted by Gasteiger charge is 2.18. The number of carbonyl (C=O) groups excluding carboxylic acids is 1. The van der Waals surface area contributed by atoms with Crippen molar-refractivity contribution in [2.75, 3.05) is 6.61 Å². The molecular formula is C18H22N2O2S. The molecule has 0 bridgehead atoms. The average Bonchev–Trinajstić information content (AvgIpc) is 3.24. The molecule has 5 heteroatoms. The molecule has 3 rings (SSSR count). The molecule has 2 heterocycles. The molecule has 1 fully saturated rings. The molecule has 1 aliphatic heterocycles. The number of aryl methyl sites for hydroxylation is 2. The topological polar surface area (TPSA) is 51.2 Å². The number of amides is 1. The normalized spacial score (nSPS) is 17.3. The number of rotatable bonds is 7. The first-order valence-corrected chi connectivity index (χ1v) is 9.03. The number of thiazole rings is 1. The fraction of sp³-hybridized carbons (Fsp3) is 0.444. The minimum Gasteiger partial charge on any atom is -0.378 e. The van der Waals surface area contributed by atoms with Crippen molar-refractivity contribution in [3.05, 3.63) is 52.0 Å². The first-order chi connectivity index (χ1) is 11.3. The van der Waals surface area contributed by atoms with E-state index in [-0.39, 0.29) is 12.0 Å². The lowest BCUT2D eigenvalue weighted by atomic mass is 10.1. The summed E-state index contributed by atoms with van der Waals surface area (Å²) in [4.78, 5) is 16.5. The van der Waals surface area contributed by atoms with Crippen molar-refractivity contribution in [2.24, 2.45) is 0 Å². The highest BCUT2D eigenvalue weighted by molar-refractivity contribution is 7.09. The molecule has 2 aromatic rings. The van der Waals surface area contributed by atoms with Crippen molar-refractivity contribution in [1.82, 2.24) is 10.3 Å². The van der Waals surface area contributed by atoms with E-state index in [4.69, 9.17) is 4.74 Å². The Morgan fingerprint density at radius 3 is 2.96 bits per heavy atom. The number of hydrogen-bond donors (Lipinski definition) is 1. The van der Waals surface area contributed by atoms with Gasteiger partial charge in [-0.25, -0.2) is 4.98 Å². The van der Waals surface area contributed by atoms with Crippen molar-refractivity contribution >= 4 is 17.2 Å².